The zero-order valence-electron chi connectivity index (χ0n) is 13.3. The summed E-state index contributed by atoms with van der Waals surface area (Å²) in [7, 11) is 0. The molecule has 0 saturated heterocycles. The van der Waals surface area contributed by atoms with Crippen LogP contribution in [0.1, 0.15) is 37.2 Å². The molecule has 0 aliphatic heterocycles. The summed E-state index contributed by atoms with van der Waals surface area (Å²) in [5, 5.41) is 3.49. The Morgan fingerprint density at radius 3 is 2.67 bits per heavy atom. The number of benzene rings is 1. The predicted molar refractivity (Wildman–Crippen MR) is 92.8 cm³/mol. The van der Waals surface area contributed by atoms with Crippen molar-refractivity contribution in [3.8, 4) is 11.3 Å². The first-order valence-corrected chi connectivity index (χ1v) is 8.39. The van der Waals surface area contributed by atoms with Gasteiger partial charge in [0.25, 0.3) is 0 Å². The average molecular weight is 350 g/mol. The molecule has 3 heteroatoms. The van der Waals surface area contributed by atoms with E-state index in [1.165, 1.54) is 11.1 Å². The maximum Gasteiger partial charge on any atom is 0.135 e. The first-order valence-electron chi connectivity index (χ1n) is 7.60. The highest BCUT2D eigenvalue weighted by molar-refractivity contribution is 9.10. The minimum absolute atomic E-state index is 0.437. The molecule has 1 aromatic heterocycles. The Labute approximate surface area is 136 Å². The number of rotatable bonds is 6. The van der Waals surface area contributed by atoms with Gasteiger partial charge in [-0.05, 0) is 63.1 Å². The van der Waals surface area contributed by atoms with Gasteiger partial charge in [0, 0.05) is 22.5 Å². The third-order valence-electron chi connectivity index (χ3n) is 3.59. The van der Waals surface area contributed by atoms with Gasteiger partial charge in [0.2, 0.25) is 0 Å². The lowest BCUT2D eigenvalue weighted by Crippen LogP contribution is -2.28. The lowest BCUT2D eigenvalue weighted by Gasteiger charge is -2.11. The number of aryl methyl sites for hydroxylation is 2. The molecule has 1 aromatic carbocycles. The minimum atomic E-state index is 0.437. The predicted octanol–water partition coefficient (Wildman–Crippen LogP) is 5.26. The number of hydrogen-bond acceptors (Lipinski definition) is 2. The summed E-state index contributed by atoms with van der Waals surface area (Å²) in [6.07, 6.45) is 2.08. The van der Waals surface area contributed by atoms with E-state index >= 15 is 0 Å². The van der Waals surface area contributed by atoms with Gasteiger partial charge in [-0.25, -0.2) is 0 Å². The summed E-state index contributed by atoms with van der Waals surface area (Å²) >= 11 is 3.66. The first kappa shape index (κ1) is 16.3. The molecule has 0 fully saturated rings. The van der Waals surface area contributed by atoms with E-state index < -0.39 is 0 Å². The molecule has 2 rings (SSSR count). The van der Waals surface area contributed by atoms with Gasteiger partial charge in [0.05, 0.1) is 0 Å². The van der Waals surface area contributed by atoms with Crippen molar-refractivity contribution in [2.75, 3.05) is 6.54 Å². The standard InChI is InChI=1S/C18H24BrNO/c1-5-8-20-14(4)11-15-6-7-17(21-15)18-13(3)9-12(2)10-16(18)19/h6-7,9-10,14,20H,5,8,11H2,1-4H3. The summed E-state index contributed by atoms with van der Waals surface area (Å²) in [5.41, 5.74) is 3.65. The van der Waals surface area contributed by atoms with Crippen molar-refractivity contribution >= 4 is 15.9 Å². The minimum Gasteiger partial charge on any atom is -0.461 e. The van der Waals surface area contributed by atoms with Crippen molar-refractivity contribution in [2.24, 2.45) is 0 Å². The van der Waals surface area contributed by atoms with Crippen molar-refractivity contribution in [3.05, 3.63) is 45.6 Å². The molecule has 2 aromatic rings. The Morgan fingerprint density at radius 2 is 2.00 bits per heavy atom. The van der Waals surface area contributed by atoms with Gasteiger partial charge in [-0.2, -0.15) is 0 Å². The Bertz CT molecular complexity index is 580. The summed E-state index contributed by atoms with van der Waals surface area (Å²) < 4.78 is 7.15. The number of hydrogen-bond donors (Lipinski definition) is 1. The molecule has 21 heavy (non-hydrogen) atoms. The monoisotopic (exact) mass is 349 g/mol. The molecule has 0 saturated carbocycles. The Hall–Kier alpha value is -1.06. The Kier molecular flexibility index (Phi) is 5.65. The van der Waals surface area contributed by atoms with E-state index in [9.17, 15) is 0 Å². The lowest BCUT2D eigenvalue weighted by molar-refractivity contribution is 0.464. The fourth-order valence-corrected chi connectivity index (χ4v) is 3.48. The second-order valence-corrected chi connectivity index (χ2v) is 6.62. The van der Waals surface area contributed by atoms with Gasteiger partial charge >= 0.3 is 0 Å². The number of halogens is 1. The van der Waals surface area contributed by atoms with Crippen molar-refractivity contribution < 1.29 is 4.42 Å². The number of furan rings is 1. The van der Waals surface area contributed by atoms with E-state index in [0.717, 1.165) is 40.9 Å². The Balaban J connectivity index is 2.17. The Morgan fingerprint density at radius 1 is 1.24 bits per heavy atom. The quantitative estimate of drug-likeness (QED) is 0.769. The second kappa shape index (κ2) is 7.28. The van der Waals surface area contributed by atoms with Gasteiger partial charge in [0.1, 0.15) is 11.5 Å². The van der Waals surface area contributed by atoms with E-state index in [4.69, 9.17) is 4.42 Å². The van der Waals surface area contributed by atoms with E-state index in [1.807, 2.05) is 0 Å². The molecule has 1 unspecified atom stereocenters. The van der Waals surface area contributed by atoms with E-state index in [1.54, 1.807) is 0 Å². The van der Waals surface area contributed by atoms with E-state index in [-0.39, 0.29) is 0 Å². The van der Waals surface area contributed by atoms with Crippen LogP contribution in [0.5, 0.6) is 0 Å². The normalized spacial score (nSPS) is 12.6. The lowest BCUT2D eigenvalue weighted by atomic mass is 10.0. The van der Waals surface area contributed by atoms with Crippen molar-refractivity contribution in [2.45, 2.75) is 46.6 Å². The summed E-state index contributed by atoms with van der Waals surface area (Å²) in [6.45, 7) is 9.67. The SMILES string of the molecule is CCCNC(C)Cc1ccc(-c2c(C)cc(C)cc2Br)o1. The fourth-order valence-electron chi connectivity index (χ4n) is 2.61. The maximum absolute atomic E-state index is 6.05. The van der Waals surface area contributed by atoms with Crippen LogP contribution in [0.25, 0.3) is 11.3 Å². The van der Waals surface area contributed by atoms with Crippen LogP contribution in [0.2, 0.25) is 0 Å². The number of nitrogens with one attached hydrogen (secondary N) is 1. The van der Waals surface area contributed by atoms with Crippen LogP contribution in [-0.2, 0) is 6.42 Å². The van der Waals surface area contributed by atoms with Crippen LogP contribution in [0.3, 0.4) is 0 Å². The molecule has 114 valence electrons. The summed E-state index contributed by atoms with van der Waals surface area (Å²) in [6, 6.07) is 8.92. The molecule has 1 atom stereocenters. The van der Waals surface area contributed by atoms with Crippen LogP contribution in [0.15, 0.2) is 33.2 Å². The third-order valence-corrected chi connectivity index (χ3v) is 4.22. The summed E-state index contributed by atoms with van der Waals surface area (Å²) in [5.74, 6) is 1.98. The smallest absolute Gasteiger partial charge is 0.135 e. The molecule has 0 radical (unpaired) electrons. The topological polar surface area (TPSA) is 25.2 Å². The highest BCUT2D eigenvalue weighted by atomic mass is 79.9. The van der Waals surface area contributed by atoms with Crippen molar-refractivity contribution in [3.63, 3.8) is 0 Å². The van der Waals surface area contributed by atoms with Gasteiger partial charge in [-0.3, -0.25) is 0 Å². The van der Waals surface area contributed by atoms with Crippen LogP contribution in [0.4, 0.5) is 0 Å². The van der Waals surface area contributed by atoms with Crippen LogP contribution >= 0.6 is 15.9 Å². The zero-order chi connectivity index (χ0) is 15.4. The van der Waals surface area contributed by atoms with Crippen molar-refractivity contribution in [1.82, 2.24) is 5.32 Å². The van der Waals surface area contributed by atoms with Gasteiger partial charge < -0.3 is 9.73 Å². The largest absolute Gasteiger partial charge is 0.461 e. The van der Waals surface area contributed by atoms with Gasteiger partial charge in [0.15, 0.2) is 0 Å². The van der Waals surface area contributed by atoms with Crippen LogP contribution < -0.4 is 5.32 Å². The molecular weight excluding hydrogens is 326 g/mol. The highest BCUT2D eigenvalue weighted by Gasteiger charge is 2.13. The van der Waals surface area contributed by atoms with Gasteiger partial charge in [-0.1, -0.05) is 28.9 Å². The highest BCUT2D eigenvalue weighted by Crippen LogP contribution is 2.33. The van der Waals surface area contributed by atoms with Crippen LogP contribution in [0, 0.1) is 13.8 Å². The van der Waals surface area contributed by atoms with E-state index in [2.05, 4.69) is 73.2 Å². The molecule has 1 N–H and O–H groups in total. The molecule has 0 spiro atoms. The van der Waals surface area contributed by atoms with Crippen molar-refractivity contribution in [1.29, 1.82) is 0 Å². The third kappa shape index (κ3) is 4.21. The molecular formula is C18H24BrNO. The zero-order valence-corrected chi connectivity index (χ0v) is 14.9. The van der Waals surface area contributed by atoms with Gasteiger partial charge in [-0.15, -0.1) is 0 Å². The second-order valence-electron chi connectivity index (χ2n) is 5.76. The fraction of sp³-hybridized carbons (Fsp3) is 0.444. The average Bonchev–Trinajstić information content (AvgIpc) is 2.83. The molecule has 0 bridgehead atoms. The maximum atomic E-state index is 6.05. The molecule has 0 aliphatic carbocycles. The molecule has 1 heterocycles. The summed E-state index contributed by atoms with van der Waals surface area (Å²) in [4.78, 5) is 0. The first-order chi connectivity index (χ1) is 10.0. The van der Waals surface area contributed by atoms with E-state index in [0.29, 0.717) is 6.04 Å². The molecule has 2 nitrogen and oxygen atoms in total. The molecule has 0 amide bonds. The molecule has 0 aliphatic rings. The van der Waals surface area contributed by atoms with Crippen LogP contribution in [-0.4, -0.2) is 12.6 Å².